The van der Waals surface area contributed by atoms with Crippen LogP contribution in [-0.2, 0) is 4.74 Å². The van der Waals surface area contributed by atoms with Crippen molar-refractivity contribution in [2.24, 2.45) is 4.99 Å². The van der Waals surface area contributed by atoms with Gasteiger partial charge in [0, 0.05) is 5.56 Å². The van der Waals surface area contributed by atoms with Gasteiger partial charge in [0.05, 0.1) is 18.4 Å². The van der Waals surface area contributed by atoms with Crippen LogP contribution in [0, 0.1) is 22.8 Å². The molecule has 1 aliphatic rings. The lowest BCUT2D eigenvalue weighted by Gasteiger charge is -2.26. The molecule has 12 heteroatoms. The molecule has 186 valence electrons. The molecule has 0 fully saturated rings. The second kappa shape index (κ2) is 10.8. The van der Waals surface area contributed by atoms with Gasteiger partial charge in [-0.3, -0.25) is 5.32 Å². The lowest BCUT2D eigenvalue weighted by atomic mass is 9.95. The lowest BCUT2D eigenvalue weighted by Crippen LogP contribution is -2.32. The number of nitrogens with zero attached hydrogens (tertiary/aromatic N) is 4. The van der Waals surface area contributed by atoms with Crippen molar-refractivity contribution in [3.05, 3.63) is 70.8 Å². The summed E-state index contributed by atoms with van der Waals surface area (Å²) < 4.78 is 16.1. The van der Waals surface area contributed by atoms with E-state index < -0.39 is 12.0 Å². The number of rotatable bonds is 7. The quantitative estimate of drug-likeness (QED) is 0.161. The number of nitrogens with two attached hydrogens (primary N) is 2. The van der Waals surface area contributed by atoms with Crippen molar-refractivity contribution in [3.63, 3.8) is 0 Å². The molecule has 6 N–H and O–H groups in total. The number of anilines is 3. The van der Waals surface area contributed by atoms with Gasteiger partial charge in [0.25, 0.3) is 0 Å². The molecule has 1 aliphatic heterocycles. The molecule has 0 spiro atoms. The zero-order valence-corrected chi connectivity index (χ0v) is 19.7. The fourth-order valence-corrected chi connectivity index (χ4v) is 3.72. The molecule has 1 unspecified atom stereocenters. The summed E-state index contributed by atoms with van der Waals surface area (Å²) in [5.41, 5.74) is 14.0. The summed E-state index contributed by atoms with van der Waals surface area (Å²) >= 11 is 0. The Morgan fingerprint density at radius 2 is 1.84 bits per heavy atom. The maximum absolute atomic E-state index is 11.6. The van der Waals surface area contributed by atoms with Crippen LogP contribution in [0.3, 0.4) is 0 Å². The fraction of sp³-hybridized carbons (Fsp3) is 0.160. The third-order valence-corrected chi connectivity index (χ3v) is 5.43. The molecule has 4 rings (SSSR count). The molecule has 37 heavy (non-hydrogen) atoms. The highest BCUT2D eigenvalue weighted by molar-refractivity contribution is 5.98. The van der Waals surface area contributed by atoms with Crippen molar-refractivity contribution in [1.82, 2.24) is 10.3 Å². The average Bonchev–Trinajstić information content (AvgIpc) is 2.91. The number of nitrogen functional groups attached to an aromatic ring is 2. The van der Waals surface area contributed by atoms with Crippen LogP contribution in [0.4, 0.5) is 17.3 Å². The summed E-state index contributed by atoms with van der Waals surface area (Å²) in [4.78, 5) is 20.4. The van der Waals surface area contributed by atoms with Gasteiger partial charge in [0.1, 0.15) is 54.0 Å². The molecule has 2 heterocycles. The van der Waals surface area contributed by atoms with E-state index in [0.717, 1.165) is 5.56 Å². The Bertz CT molecular complexity index is 1440. The number of benzene rings is 2. The van der Waals surface area contributed by atoms with Gasteiger partial charge in [-0.15, -0.1) is 0 Å². The molecule has 0 radical (unpaired) electrons. The Balaban J connectivity index is 1.46. The van der Waals surface area contributed by atoms with Gasteiger partial charge >= 0.3 is 5.97 Å². The molecule has 0 saturated carbocycles. The molecule has 2 aromatic carbocycles. The van der Waals surface area contributed by atoms with E-state index in [0.29, 0.717) is 28.4 Å². The van der Waals surface area contributed by atoms with E-state index in [9.17, 15) is 10.1 Å². The summed E-state index contributed by atoms with van der Waals surface area (Å²) in [5.74, 6) is 1.12. The molecule has 0 bridgehead atoms. The standard InChI is InChI=1S/C25H22N8O4/c1-35-24(34)15-3-2-4-17(11-15)37-10-9-36-16-7-5-14(6-8-16)21-19-20(28)18(12-26)22(29)32-23(19)33-25(31-21)30-13-27/h2-8,11,21H,9-10H2,1H3,(H6,28,29,30,31,32,33). The molecule has 3 aromatic rings. The molecule has 0 aliphatic carbocycles. The average molecular weight is 499 g/mol. The third kappa shape index (κ3) is 5.28. The van der Waals surface area contributed by atoms with E-state index in [1.54, 1.807) is 48.5 Å². The van der Waals surface area contributed by atoms with Gasteiger partial charge in [0.15, 0.2) is 6.19 Å². The number of aromatic nitrogens is 1. The Morgan fingerprint density at radius 3 is 2.51 bits per heavy atom. The Kier molecular flexibility index (Phi) is 7.21. The third-order valence-electron chi connectivity index (χ3n) is 5.43. The molecular formula is C25H22N8O4. The molecular weight excluding hydrogens is 476 g/mol. The number of nitriles is 2. The monoisotopic (exact) mass is 498 g/mol. The van der Waals surface area contributed by atoms with E-state index in [1.165, 1.54) is 7.11 Å². The summed E-state index contributed by atoms with van der Waals surface area (Å²) in [6.07, 6.45) is 1.81. The van der Waals surface area contributed by atoms with Crippen molar-refractivity contribution in [2.75, 3.05) is 37.1 Å². The first-order valence-electron chi connectivity index (χ1n) is 11.0. The van der Waals surface area contributed by atoms with Crippen LogP contribution < -0.4 is 31.6 Å². The van der Waals surface area contributed by atoms with Gasteiger partial charge in [-0.1, -0.05) is 18.2 Å². The minimum absolute atomic E-state index is 0.0220. The van der Waals surface area contributed by atoms with Crippen molar-refractivity contribution in [1.29, 1.82) is 10.5 Å². The van der Waals surface area contributed by atoms with Crippen LogP contribution in [0.5, 0.6) is 11.5 Å². The van der Waals surface area contributed by atoms with Gasteiger partial charge < -0.3 is 31.0 Å². The number of ether oxygens (including phenoxy) is 3. The van der Waals surface area contributed by atoms with Crippen molar-refractivity contribution in [3.8, 4) is 23.8 Å². The first-order valence-corrected chi connectivity index (χ1v) is 11.0. The van der Waals surface area contributed by atoms with Gasteiger partial charge in [-0.05, 0) is 35.9 Å². The molecule has 1 aromatic heterocycles. The summed E-state index contributed by atoms with van der Waals surface area (Å²) in [6.45, 7) is 0.510. The fourth-order valence-electron chi connectivity index (χ4n) is 3.72. The minimum atomic E-state index is -0.647. The van der Waals surface area contributed by atoms with Crippen LogP contribution in [-0.4, -0.2) is 37.2 Å². The number of carbonyl (C=O) groups is 1. The number of methoxy groups -OCH3 is 1. The summed E-state index contributed by atoms with van der Waals surface area (Å²) in [7, 11) is 1.32. The van der Waals surface area contributed by atoms with Gasteiger partial charge in [-0.2, -0.15) is 10.5 Å². The summed E-state index contributed by atoms with van der Waals surface area (Å²) in [5, 5.41) is 23.8. The number of aliphatic imine (C=N–C) groups is 1. The van der Waals surface area contributed by atoms with Crippen LogP contribution in [0.2, 0.25) is 0 Å². The maximum Gasteiger partial charge on any atom is 0.337 e. The van der Waals surface area contributed by atoms with Crippen LogP contribution in [0.25, 0.3) is 0 Å². The van der Waals surface area contributed by atoms with Crippen LogP contribution >= 0.6 is 0 Å². The van der Waals surface area contributed by atoms with Crippen LogP contribution in [0.1, 0.15) is 33.1 Å². The molecule has 12 nitrogen and oxygen atoms in total. The first-order chi connectivity index (χ1) is 17.9. The van der Waals surface area contributed by atoms with Gasteiger partial charge in [-0.25, -0.2) is 14.8 Å². The smallest absolute Gasteiger partial charge is 0.337 e. The highest BCUT2D eigenvalue weighted by atomic mass is 16.5. The Labute approximate surface area is 212 Å². The SMILES string of the molecule is COC(=O)c1cccc(OCCOc2ccc(C3N=C(NC#N)Nc4nc(N)c(C#N)c(N)c43)cc2)c1. The number of pyridine rings is 1. The first kappa shape index (κ1) is 24.6. The van der Waals surface area contributed by atoms with Crippen molar-refractivity contribution < 1.29 is 19.0 Å². The van der Waals surface area contributed by atoms with Crippen molar-refractivity contribution >= 4 is 29.3 Å². The Morgan fingerprint density at radius 1 is 1.11 bits per heavy atom. The zero-order valence-electron chi connectivity index (χ0n) is 19.7. The number of carbonyl (C=O) groups excluding carboxylic acids is 1. The zero-order chi connectivity index (χ0) is 26.4. The maximum atomic E-state index is 11.6. The van der Waals surface area contributed by atoms with Crippen LogP contribution in [0.15, 0.2) is 53.5 Å². The topological polar surface area (TPSA) is 194 Å². The highest BCUT2D eigenvalue weighted by Gasteiger charge is 2.29. The molecule has 0 saturated heterocycles. The number of esters is 1. The van der Waals surface area contributed by atoms with E-state index in [-0.39, 0.29) is 36.2 Å². The summed E-state index contributed by atoms with van der Waals surface area (Å²) in [6, 6.07) is 15.1. The molecule has 1 atom stereocenters. The predicted octanol–water partition coefficient (Wildman–Crippen LogP) is 2.30. The second-order valence-electron chi connectivity index (χ2n) is 7.69. The normalized spacial score (nSPS) is 13.6. The largest absolute Gasteiger partial charge is 0.490 e. The van der Waals surface area contributed by atoms with E-state index in [4.69, 9.17) is 30.9 Å². The molecule has 0 amide bonds. The number of guanidine groups is 1. The second-order valence-corrected chi connectivity index (χ2v) is 7.69. The Hall–Kier alpha value is -5.49. The van der Waals surface area contributed by atoms with E-state index >= 15 is 0 Å². The van der Waals surface area contributed by atoms with E-state index in [2.05, 4.69) is 20.6 Å². The predicted molar refractivity (Wildman–Crippen MR) is 135 cm³/mol. The van der Waals surface area contributed by atoms with E-state index in [1.807, 2.05) is 12.3 Å². The van der Waals surface area contributed by atoms with Gasteiger partial charge in [0.2, 0.25) is 5.96 Å². The number of hydrogen-bond acceptors (Lipinski definition) is 12. The van der Waals surface area contributed by atoms with Crippen molar-refractivity contribution in [2.45, 2.75) is 6.04 Å². The number of fused-ring (bicyclic) bond motifs is 1. The number of nitrogens with one attached hydrogen (secondary N) is 2. The highest BCUT2D eigenvalue weighted by Crippen LogP contribution is 2.40. The lowest BCUT2D eigenvalue weighted by molar-refractivity contribution is 0.0600. The minimum Gasteiger partial charge on any atom is -0.490 e. The number of hydrogen-bond donors (Lipinski definition) is 4.